The zero-order valence-electron chi connectivity index (χ0n) is 20.5. The van der Waals surface area contributed by atoms with Gasteiger partial charge >= 0.3 is 10.4 Å². The Kier molecular flexibility index (Phi) is 7.96. The Labute approximate surface area is 222 Å². The lowest BCUT2D eigenvalue weighted by atomic mass is 9.74. The van der Waals surface area contributed by atoms with E-state index in [4.69, 9.17) is 19.9 Å². The molecule has 1 atom stereocenters. The maximum atomic E-state index is 13.1. The number of nitrogens with one attached hydrogen (secondary N) is 1. The molecule has 204 valence electrons. The van der Waals surface area contributed by atoms with Crippen molar-refractivity contribution in [1.82, 2.24) is 15.4 Å². The van der Waals surface area contributed by atoms with Gasteiger partial charge in [0.2, 0.25) is 0 Å². The van der Waals surface area contributed by atoms with E-state index < -0.39 is 33.5 Å². The first-order valence-electron chi connectivity index (χ1n) is 11.4. The highest BCUT2D eigenvalue weighted by molar-refractivity contribution is 7.80. The SMILES string of the molecule is CC1(C)[C@H](CC(=O)/C(=N\OCCOc2ccc(C3=NCCN3)cc2)c2csc(N)n2)C(=O)N1OS(=O)(=O)O. The molecule has 4 N–H and O–H groups in total. The van der Waals surface area contributed by atoms with Gasteiger partial charge < -0.3 is 20.6 Å². The minimum absolute atomic E-state index is 0.0102. The number of Topliss-reactive ketones (excluding diaryl/α,β-unsaturated/α-hetero) is 1. The number of aliphatic imine (C=N–C) groups is 1. The largest absolute Gasteiger partial charge is 0.490 e. The van der Waals surface area contributed by atoms with Crippen molar-refractivity contribution in [3.63, 3.8) is 0 Å². The first-order chi connectivity index (χ1) is 18.0. The summed E-state index contributed by atoms with van der Waals surface area (Å²) in [4.78, 5) is 39.3. The number of ether oxygens (including phenoxy) is 1. The van der Waals surface area contributed by atoms with Crippen molar-refractivity contribution in [2.24, 2.45) is 16.1 Å². The number of rotatable bonds is 12. The molecule has 0 saturated carbocycles. The van der Waals surface area contributed by atoms with E-state index in [0.717, 1.165) is 35.8 Å². The molecular formula is C22H26N6O8S2. The van der Waals surface area contributed by atoms with Gasteiger partial charge in [0, 0.05) is 23.9 Å². The van der Waals surface area contributed by atoms with Crippen LogP contribution in [0.25, 0.3) is 0 Å². The first-order valence-corrected chi connectivity index (χ1v) is 13.7. The third-order valence-corrected chi connectivity index (χ3v) is 6.87. The van der Waals surface area contributed by atoms with Gasteiger partial charge in [-0.2, -0.15) is 13.5 Å². The average Bonchev–Trinajstić information content (AvgIpc) is 3.55. The van der Waals surface area contributed by atoms with Gasteiger partial charge in [0.05, 0.1) is 18.0 Å². The minimum Gasteiger partial charge on any atom is -0.490 e. The quantitative estimate of drug-likeness (QED) is 0.108. The smallest absolute Gasteiger partial charge is 0.418 e. The van der Waals surface area contributed by atoms with Gasteiger partial charge in [0.25, 0.3) is 5.91 Å². The van der Waals surface area contributed by atoms with Crippen LogP contribution in [0.4, 0.5) is 5.13 Å². The summed E-state index contributed by atoms with van der Waals surface area (Å²) in [5.74, 6) is -0.831. The predicted octanol–water partition coefficient (Wildman–Crippen LogP) is 0.805. The van der Waals surface area contributed by atoms with Crippen molar-refractivity contribution in [2.75, 3.05) is 32.0 Å². The molecule has 1 aromatic carbocycles. The topological polar surface area (TPSA) is 195 Å². The fraction of sp³-hybridized carbons (Fsp3) is 0.409. The molecule has 0 bridgehead atoms. The number of benzene rings is 1. The third-order valence-electron chi connectivity index (χ3n) is 5.86. The molecule has 14 nitrogen and oxygen atoms in total. The maximum absolute atomic E-state index is 13.1. The normalized spacial score (nSPS) is 19.0. The van der Waals surface area contributed by atoms with Crippen LogP contribution >= 0.6 is 11.3 Å². The summed E-state index contributed by atoms with van der Waals surface area (Å²) in [6.07, 6.45) is -0.334. The number of nitrogens with zero attached hydrogens (tertiary/aromatic N) is 4. The molecule has 4 rings (SSSR count). The number of nitrogen functional groups attached to an aromatic ring is 1. The Morgan fingerprint density at radius 2 is 2.05 bits per heavy atom. The van der Waals surface area contributed by atoms with E-state index in [1.54, 1.807) is 12.1 Å². The second kappa shape index (κ2) is 11.0. The number of amidine groups is 1. The Balaban J connectivity index is 1.35. The van der Waals surface area contributed by atoms with Crippen LogP contribution in [0.2, 0.25) is 0 Å². The van der Waals surface area contributed by atoms with Crippen molar-refractivity contribution < 1.29 is 36.4 Å². The lowest BCUT2D eigenvalue weighted by Gasteiger charge is -2.50. The number of carbonyl (C=O) groups is 2. The molecular weight excluding hydrogens is 540 g/mol. The fourth-order valence-electron chi connectivity index (χ4n) is 3.89. The Bertz CT molecular complexity index is 1370. The van der Waals surface area contributed by atoms with Crippen molar-refractivity contribution in [1.29, 1.82) is 0 Å². The van der Waals surface area contributed by atoms with Gasteiger partial charge in [-0.1, -0.05) is 5.16 Å². The molecule has 0 unspecified atom stereocenters. The molecule has 38 heavy (non-hydrogen) atoms. The second-order valence-corrected chi connectivity index (χ2v) is 10.7. The Morgan fingerprint density at radius 1 is 1.32 bits per heavy atom. The second-order valence-electron chi connectivity index (χ2n) is 8.84. The molecule has 0 aliphatic carbocycles. The summed E-state index contributed by atoms with van der Waals surface area (Å²) >= 11 is 1.10. The Hall–Kier alpha value is -3.60. The number of carbonyl (C=O) groups excluding carboxylic acids is 2. The number of ketones is 1. The fourth-order valence-corrected chi connectivity index (χ4v) is 4.90. The van der Waals surface area contributed by atoms with E-state index in [0.29, 0.717) is 10.8 Å². The number of anilines is 1. The van der Waals surface area contributed by atoms with Gasteiger partial charge in [-0.05, 0) is 38.1 Å². The number of amides is 1. The molecule has 16 heteroatoms. The highest BCUT2D eigenvalue weighted by atomic mass is 32.3. The number of oxime groups is 1. The van der Waals surface area contributed by atoms with Crippen LogP contribution in [0.1, 0.15) is 31.5 Å². The number of β-lactam (4-membered cyclic amide) rings is 1. The van der Waals surface area contributed by atoms with E-state index in [2.05, 4.69) is 24.7 Å². The van der Waals surface area contributed by atoms with Crippen molar-refractivity contribution >= 4 is 50.1 Å². The highest BCUT2D eigenvalue weighted by Gasteiger charge is 2.57. The number of aromatic nitrogens is 1. The number of nitrogens with two attached hydrogens (primary N) is 1. The zero-order chi connectivity index (χ0) is 27.5. The summed E-state index contributed by atoms with van der Waals surface area (Å²) in [5.41, 5.74) is 5.49. The van der Waals surface area contributed by atoms with Gasteiger partial charge in [0.1, 0.15) is 23.9 Å². The lowest BCUT2D eigenvalue weighted by Crippen LogP contribution is -2.68. The molecule has 0 spiro atoms. The first kappa shape index (κ1) is 27.4. The molecule has 2 aromatic rings. The number of hydrogen-bond acceptors (Lipinski definition) is 13. The monoisotopic (exact) mass is 566 g/mol. The summed E-state index contributed by atoms with van der Waals surface area (Å²) in [6.45, 7) is 4.70. The van der Waals surface area contributed by atoms with Crippen molar-refractivity contribution in [3.8, 4) is 5.75 Å². The molecule has 1 saturated heterocycles. The third kappa shape index (κ3) is 6.27. The number of hydrogen-bond donors (Lipinski definition) is 3. The molecule has 1 fully saturated rings. The average molecular weight is 567 g/mol. The van der Waals surface area contributed by atoms with E-state index in [-0.39, 0.29) is 36.2 Å². The van der Waals surface area contributed by atoms with Crippen LogP contribution in [0, 0.1) is 5.92 Å². The minimum atomic E-state index is -4.91. The molecule has 3 heterocycles. The van der Waals surface area contributed by atoms with E-state index in [9.17, 15) is 18.0 Å². The van der Waals surface area contributed by atoms with Gasteiger partial charge in [-0.25, -0.2) is 4.98 Å². The highest BCUT2D eigenvalue weighted by Crippen LogP contribution is 2.40. The molecule has 2 aliphatic heterocycles. The predicted molar refractivity (Wildman–Crippen MR) is 137 cm³/mol. The molecule has 1 aromatic heterocycles. The van der Waals surface area contributed by atoms with Crippen LogP contribution < -0.4 is 15.8 Å². The maximum Gasteiger partial charge on any atom is 0.418 e. The summed E-state index contributed by atoms with van der Waals surface area (Å²) < 4.78 is 40.9. The van der Waals surface area contributed by atoms with Gasteiger partial charge in [0.15, 0.2) is 23.2 Å². The number of thiazole rings is 1. The van der Waals surface area contributed by atoms with Gasteiger partial charge in [-0.3, -0.25) is 19.1 Å². The Morgan fingerprint density at radius 3 is 2.63 bits per heavy atom. The number of hydroxylamine groups is 2. The van der Waals surface area contributed by atoms with E-state index in [1.807, 2.05) is 12.1 Å². The summed E-state index contributed by atoms with van der Waals surface area (Å²) in [5, 5.41) is 9.37. The van der Waals surface area contributed by atoms with E-state index in [1.165, 1.54) is 19.2 Å². The van der Waals surface area contributed by atoms with Crippen LogP contribution in [-0.4, -0.2) is 78.1 Å². The summed E-state index contributed by atoms with van der Waals surface area (Å²) in [7, 11) is -4.91. The van der Waals surface area contributed by atoms with Crippen LogP contribution in [0.15, 0.2) is 39.8 Å². The lowest BCUT2D eigenvalue weighted by molar-refractivity contribution is -0.228. The molecule has 1 amide bonds. The van der Waals surface area contributed by atoms with Gasteiger partial charge in [-0.15, -0.1) is 15.6 Å². The van der Waals surface area contributed by atoms with Crippen molar-refractivity contribution in [2.45, 2.75) is 25.8 Å². The summed E-state index contributed by atoms with van der Waals surface area (Å²) in [6, 6.07) is 7.39. The van der Waals surface area contributed by atoms with Crippen LogP contribution in [0.3, 0.4) is 0 Å². The molecule has 2 aliphatic rings. The standard InChI is InChI=1S/C22H26N6O8S2/c1-22(2)15(20(30)28(22)36-38(31,32)33)11-17(29)18(16-12-37-21(23)26-16)27-35-10-9-34-14-5-3-13(4-6-14)19-24-7-8-25-19/h3-6,12,15H,7-11H2,1-2H3,(H2,23,26)(H,24,25)(H,31,32,33)/b27-18-/t15-/m1/s1. The van der Waals surface area contributed by atoms with Crippen LogP contribution in [-0.2, 0) is 29.1 Å². The zero-order valence-corrected chi connectivity index (χ0v) is 22.1. The van der Waals surface area contributed by atoms with E-state index >= 15 is 0 Å². The molecule has 0 radical (unpaired) electrons. The van der Waals surface area contributed by atoms with Crippen molar-refractivity contribution in [3.05, 3.63) is 40.9 Å². The van der Waals surface area contributed by atoms with Crippen LogP contribution in [0.5, 0.6) is 5.75 Å².